The van der Waals surface area contributed by atoms with Crippen molar-refractivity contribution in [2.75, 3.05) is 13.2 Å². The van der Waals surface area contributed by atoms with Crippen LogP contribution in [0.4, 0.5) is 0 Å². The largest absolute Gasteiger partial charge is 2.00 e. The summed E-state index contributed by atoms with van der Waals surface area (Å²) in [6, 6.07) is 26.7. The number of rotatable bonds is 16. The molecule has 217 valence electrons. The van der Waals surface area contributed by atoms with Gasteiger partial charge in [-0.1, -0.05) is 90.2 Å². The van der Waals surface area contributed by atoms with Gasteiger partial charge < -0.3 is 9.47 Å². The van der Waals surface area contributed by atoms with E-state index < -0.39 is 11.9 Å². The first-order valence-corrected chi connectivity index (χ1v) is 14.5. The Morgan fingerprint density at radius 2 is 0.872 bits per heavy atom. The Labute approximate surface area is 247 Å². The Morgan fingerprint density at radius 3 is 1.18 bits per heavy atom. The van der Waals surface area contributed by atoms with E-state index in [4.69, 9.17) is 9.47 Å². The number of carbonyl (C=O) groups is 2. The van der Waals surface area contributed by atoms with Gasteiger partial charge >= 0.3 is 28.7 Å². The smallest absolute Gasteiger partial charge is 0.462 e. The summed E-state index contributed by atoms with van der Waals surface area (Å²) in [6.07, 6.45) is 13.6. The maximum atomic E-state index is 12.4. The second kappa shape index (κ2) is 27.0. The van der Waals surface area contributed by atoms with Crippen LogP contribution < -0.4 is 0 Å². The molecule has 39 heavy (non-hydrogen) atoms. The van der Waals surface area contributed by atoms with Crippen LogP contribution >= 0.6 is 0 Å². The summed E-state index contributed by atoms with van der Waals surface area (Å²) in [7, 11) is 0. The van der Waals surface area contributed by atoms with Gasteiger partial charge in [0.15, 0.2) is 0 Å². The van der Waals surface area contributed by atoms with Gasteiger partial charge in [0.1, 0.15) is 0 Å². The average molecular weight is 580 g/mol. The van der Waals surface area contributed by atoms with Crippen molar-refractivity contribution in [3.63, 3.8) is 0 Å². The number of ether oxygens (including phenoxy) is 2. The quantitative estimate of drug-likeness (QED) is 0.0963. The fourth-order valence-electron chi connectivity index (χ4n) is 3.73. The Bertz CT molecular complexity index is 794. The normalized spacial score (nSPS) is 9.69. The van der Waals surface area contributed by atoms with Crippen molar-refractivity contribution in [2.45, 2.75) is 90.9 Å². The van der Waals surface area contributed by atoms with Gasteiger partial charge in [-0.3, -0.25) is 0 Å². The minimum absolute atomic E-state index is 0. The molecule has 0 bridgehead atoms. The second-order valence-corrected chi connectivity index (χ2v) is 9.28. The molecule has 3 rings (SSSR count). The molecule has 0 aliphatic heterocycles. The molecule has 0 aromatic heterocycles. The number of carbonyl (C=O) groups excluding carboxylic acids is 2. The van der Waals surface area contributed by atoms with Gasteiger partial charge in [0, 0.05) is 0 Å². The molecule has 0 spiro atoms. The third-order valence-corrected chi connectivity index (χ3v) is 5.94. The molecule has 0 saturated heterocycles. The average Bonchev–Trinajstić information content (AvgIpc) is 3.72. The molecule has 0 fully saturated rings. The third-order valence-electron chi connectivity index (χ3n) is 5.94. The van der Waals surface area contributed by atoms with E-state index >= 15 is 0 Å². The molecule has 0 aliphatic carbocycles. The maximum absolute atomic E-state index is 12.4. The maximum Gasteiger partial charge on any atom is 2.00 e. The second-order valence-electron chi connectivity index (χ2n) is 9.28. The topological polar surface area (TPSA) is 52.6 Å². The minimum atomic E-state index is -0.444. The van der Waals surface area contributed by atoms with E-state index in [9.17, 15) is 9.59 Å². The molecular weight excluding hydrogens is 531 g/mol. The SMILES string of the molecule is CCCCCCCCOC(=O)c1ccccc1C(=O)OCCCCCCCC.[Co+2].c1cc[cH-]c1.c1cc[cH-]c1. The van der Waals surface area contributed by atoms with Crippen LogP contribution in [0.15, 0.2) is 84.9 Å². The first-order valence-electron chi connectivity index (χ1n) is 14.5. The Morgan fingerprint density at radius 1 is 0.538 bits per heavy atom. The van der Waals surface area contributed by atoms with E-state index in [0.717, 1.165) is 25.7 Å². The zero-order valence-electron chi connectivity index (χ0n) is 23.9. The molecule has 1 radical (unpaired) electrons. The van der Waals surface area contributed by atoms with Gasteiger partial charge in [0.2, 0.25) is 0 Å². The monoisotopic (exact) mass is 579 g/mol. The van der Waals surface area contributed by atoms with Gasteiger partial charge in [-0.25, -0.2) is 33.9 Å². The number of hydrogen-bond donors (Lipinski definition) is 0. The van der Waals surface area contributed by atoms with E-state index in [2.05, 4.69) is 13.8 Å². The minimum Gasteiger partial charge on any atom is -0.462 e. The molecule has 3 aromatic rings. The van der Waals surface area contributed by atoms with Crippen LogP contribution in [-0.4, -0.2) is 25.2 Å². The summed E-state index contributed by atoms with van der Waals surface area (Å²) in [4.78, 5) is 24.7. The van der Waals surface area contributed by atoms with Crippen LogP contribution in [0, 0.1) is 0 Å². The van der Waals surface area contributed by atoms with Crippen LogP contribution in [0.2, 0.25) is 0 Å². The Balaban J connectivity index is 0.00000108. The van der Waals surface area contributed by atoms with Crippen molar-refractivity contribution in [1.82, 2.24) is 0 Å². The van der Waals surface area contributed by atoms with Gasteiger partial charge in [0.25, 0.3) is 0 Å². The van der Waals surface area contributed by atoms with Gasteiger partial charge in [-0.15, -0.1) is 0 Å². The number of esters is 2. The van der Waals surface area contributed by atoms with E-state index in [1.54, 1.807) is 24.3 Å². The molecule has 0 unspecified atom stereocenters. The van der Waals surface area contributed by atoms with Gasteiger partial charge in [0.05, 0.1) is 24.3 Å². The summed E-state index contributed by atoms with van der Waals surface area (Å²) in [5.41, 5.74) is 0.586. The fourth-order valence-corrected chi connectivity index (χ4v) is 3.73. The van der Waals surface area contributed by atoms with E-state index in [1.807, 2.05) is 60.7 Å². The summed E-state index contributed by atoms with van der Waals surface area (Å²) in [5, 5.41) is 0. The Hall–Kier alpha value is -2.63. The molecule has 0 N–H and O–H groups in total. The van der Waals surface area contributed by atoms with Crippen LogP contribution in [0.25, 0.3) is 0 Å². The predicted octanol–water partition coefficient (Wildman–Crippen LogP) is 9.53. The number of unbranched alkanes of at least 4 members (excludes halogenated alkanes) is 10. The summed E-state index contributed by atoms with van der Waals surface area (Å²) < 4.78 is 10.7. The van der Waals surface area contributed by atoms with E-state index in [1.165, 1.54) is 51.4 Å². The van der Waals surface area contributed by atoms with Crippen molar-refractivity contribution in [2.24, 2.45) is 0 Å². The van der Waals surface area contributed by atoms with Gasteiger partial charge in [-0.2, -0.15) is 36.4 Å². The van der Waals surface area contributed by atoms with Crippen molar-refractivity contribution in [3.8, 4) is 0 Å². The van der Waals surface area contributed by atoms with Crippen molar-refractivity contribution >= 4 is 11.9 Å². The number of hydrogen-bond acceptors (Lipinski definition) is 4. The Kier molecular flexibility index (Phi) is 25.1. The first kappa shape index (κ1) is 36.4. The number of benzene rings is 1. The van der Waals surface area contributed by atoms with Crippen molar-refractivity contribution in [3.05, 3.63) is 96.1 Å². The van der Waals surface area contributed by atoms with Crippen LogP contribution in [-0.2, 0) is 26.3 Å². The van der Waals surface area contributed by atoms with Crippen LogP contribution in [0.3, 0.4) is 0 Å². The third kappa shape index (κ3) is 20.0. The molecule has 0 saturated carbocycles. The molecular formula is C34H48CoO4. The molecule has 5 heteroatoms. The fraction of sp³-hybridized carbons (Fsp3) is 0.471. The van der Waals surface area contributed by atoms with Crippen molar-refractivity contribution in [1.29, 1.82) is 0 Å². The zero-order valence-corrected chi connectivity index (χ0v) is 25.0. The molecule has 3 aromatic carbocycles. The first-order chi connectivity index (χ1) is 18.7. The van der Waals surface area contributed by atoms with Gasteiger partial charge in [-0.05, 0) is 25.0 Å². The standard InChI is InChI=1S/C24H38O4.2C5H5.Co/c1-3-5-7-9-11-15-19-27-23(25)21-17-13-14-18-22(21)24(26)28-20-16-12-10-8-6-4-2;2*1-2-4-5-3-1;/h13-14,17-18H,3-12,15-16,19-20H2,1-2H3;2*1-5H;/q;2*-1;+2. The van der Waals surface area contributed by atoms with Crippen LogP contribution in [0.1, 0.15) is 112 Å². The van der Waals surface area contributed by atoms with E-state index in [0.29, 0.717) is 24.3 Å². The predicted molar refractivity (Wildman–Crippen MR) is 158 cm³/mol. The molecule has 0 atom stereocenters. The molecule has 0 amide bonds. The zero-order chi connectivity index (χ0) is 27.5. The summed E-state index contributed by atoms with van der Waals surface area (Å²) in [5.74, 6) is -0.888. The molecule has 0 heterocycles. The van der Waals surface area contributed by atoms with Crippen LogP contribution in [0.5, 0.6) is 0 Å². The van der Waals surface area contributed by atoms with Crippen molar-refractivity contribution < 1.29 is 35.8 Å². The van der Waals surface area contributed by atoms with E-state index in [-0.39, 0.29) is 16.8 Å². The summed E-state index contributed by atoms with van der Waals surface area (Å²) in [6.45, 7) is 5.17. The molecule has 0 aliphatic rings. The molecule has 4 nitrogen and oxygen atoms in total. The summed E-state index contributed by atoms with van der Waals surface area (Å²) >= 11 is 0.